The highest BCUT2D eigenvalue weighted by atomic mass is 28.4. The maximum Gasteiger partial charge on any atom is 0.517 e. The van der Waals surface area contributed by atoms with Gasteiger partial charge >= 0.3 is 8.80 Å². The summed E-state index contributed by atoms with van der Waals surface area (Å²) >= 11 is 0. The Morgan fingerprint density at radius 3 is 1.38 bits per heavy atom. The van der Waals surface area contributed by atoms with E-state index in [1.54, 1.807) is 0 Å². The highest BCUT2D eigenvalue weighted by molar-refractivity contribution is 6.65. The summed E-state index contributed by atoms with van der Waals surface area (Å²) in [7, 11) is -1.07. The van der Waals surface area contributed by atoms with E-state index >= 15 is 17.6 Å². The van der Waals surface area contributed by atoms with Crippen molar-refractivity contribution in [2.75, 3.05) is 21.3 Å². The van der Waals surface area contributed by atoms with Crippen LogP contribution in [0.3, 0.4) is 0 Å². The minimum absolute atomic E-state index is 0.441. The fourth-order valence-electron chi connectivity index (χ4n) is 4.74. The van der Waals surface area contributed by atoms with Gasteiger partial charge in [0.15, 0.2) is 17.2 Å². The zero-order valence-corrected chi connectivity index (χ0v) is 17.4. The summed E-state index contributed by atoms with van der Waals surface area (Å²) in [6, 6.07) is 0. The molecule has 9 heteroatoms. The molecule has 0 amide bonds. The van der Waals surface area contributed by atoms with Crippen LogP contribution in [-0.2, 0) is 13.3 Å². The lowest BCUT2D eigenvalue weighted by atomic mass is 9.59. The first-order chi connectivity index (χ1) is 12.0. The Balaban J connectivity index is 4.20. The molecule has 1 aliphatic carbocycles. The average molecular weight is 404 g/mol. The first-order valence-electron chi connectivity index (χ1n) is 8.77. The van der Waals surface area contributed by atoms with Crippen molar-refractivity contribution in [3.63, 3.8) is 0 Å². The van der Waals surface area contributed by atoms with E-state index < -0.39 is 68.2 Å². The molecule has 0 aliphatic heterocycles. The van der Waals surface area contributed by atoms with Gasteiger partial charge in [0.2, 0.25) is 5.67 Å². The summed E-state index contributed by atoms with van der Waals surface area (Å²) in [5.41, 5.74) is -9.94. The summed E-state index contributed by atoms with van der Waals surface area (Å²) in [6.07, 6.45) is -2.53. The van der Waals surface area contributed by atoms with Gasteiger partial charge in [-0.05, 0) is 25.7 Å². The van der Waals surface area contributed by atoms with Crippen LogP contribution < -0.4 is 0 Å². The number of halogens is 5. The largest absolute Gasteiger partial charge is 0.517 e. The van der Waals surface area contributed by atoms with Crippen molar-refractivity contribution in [2.45, 2.75) is 75.4 Å². The Morgan fingerprint density at radius 2 is 1.12 bits per heavy atom. The van der Waals surface area contributed by atoms with Gasteiger partial charge in [-0.2, -0.15) is 0 Å². The fourth-order valence-corrected chi connectivity index (χ4v) is 7.96. The number of alkyl halides is 3. The molecule has 0 aromatic heterocycles. The van der Waals surface area contributed by atoms with Gasteiger partial charge in [0, 0.05) is 21.3 Å². The van der Waals surface area contributed by atoms with Gasteiger partial charge in [0.25, 0.3) is 0 Å². The van der Waals surface area contributed by atoms with E-state index in [-0.39, 0.29) is 0 Å². The molecule has 0 fully saturated rings. The predicted octanol–water partition coefficient (Wildman–Crippen LogP) is 5.53. The number of hydrogen-bond donors (Lipinski definition) is 0. The van der Waals surface area contributed by atoms with Crippen LogP contribution >= 0.6 is 0 Å². The lowest BCUT2D eigenvalue weighted by Crippen LogP contribution is -2.75. The van der Waals surface area contributed by atoms with Crippen LogP contribution in [0.1, 0.15) is 53.4 Å². The molecule has 0 spiro atoms. The summed E-state index contributed by atoms with van der Waals surface area (Å²) in [4.78, 5) is 0. The molecule has 0 aromatic rings. The third kappa shape index (κ3) is 2.26. The predicted molar refractivity (Wildman–Crippen MR) is 91.4 cm³/mol. The van der Waals surface area contributed by atoms with Gasteiger partial charge in [-0.3, -0.25) is 0 Å². The third-order valence-electron chi connectivity index (χ3n) is 6.17. The van der Waals surface area contributed by atoms with Crippen molar-refractivity contribution in [3.8, 4) is 0 Å². The van der Waals surface area contributed by atoms with Gasteiger partial charge in [-0.25, -0.2) is 22.0 Å². The Labute approximate surface area is 153 Å². The Kier molecular flexibility index (Phi) is 6.77. The molecule has 0 aromatic carbocycles. The lowest BCUT2D eigenvalue weighted by Gasteiger charge is -2.60. The summed E-state index contributed by atoms with van der Waals surface area (Å²) < 4.78 is 94.3. The normalized spacial score (nSPS) is 38.8. The summed E-state index contributed by atoms with van der Waals surface area (Å²) in [6.45, 7) is 4.98. The van der Waals surface area contributed by atoms with E-state index in [2.05, 4.69) is 0 Å². The zero-order valence-electron chi connectivity index (χ0n) is 16.4. The maximum absolute atomic E-state index is 16.6. The van der Waals surface area contributed by atoms with Gasteiger partial charge in [0.1, 0.15) is 10.9 Å². The van der Waals surface area contributed by atoms with Crippen LogP contribution in [0.5, 0.6) is 0 Å². The number of rotatable bonds is 8. The average Bonchev–Trinajstić information content (AvgIpc) is 2.68. The van der Waals surface area contributed by atoms with Crippen LogP contribution in [-0.4, -0.2) is 47.1 Å². The van der Waals surface area contributed by atoms with Crippen LogP contribution in [0, 0.1) is 0 Å². The van der Waals surface area contributed by atoms with Crippen molar-refractivity contribution in [2.24, 2.45) is 0 Å². The van der Waals surface area contributed by atoms with E-state index in [4.69, 9.17) is 13.3 Å². The molecule has 4 atom stereocenters. The second kappa shape index (κ2) is 7.48. The molecule has 0 saturated carbocycles. The van der Waals surface area contributed by atoms with Crippen molar-refractivity contribution >= 4 is 8.80 Å². The van der Waals surface area contributed by atoms with Crippen molar-refractivity contribution < 1.29 is 35.2 Å². The van der Waals surface area contributed by atoms with Gasteiger partial charge in [0.05, 0.1) is 0 Å². The van der Waals surface area contributed by atoms with E-state index in [0.29, 0.717) is 0 Å². The fraction of sp³-hybridized carbons (Fsp3) is 0.882. The standard InChI is InChI=1S/C17H29F5O3Si/c1-8-14(20)12(18)13(19)15(9-2,26(23-5,24-6)25-7)17(22,11-4)16(14,21)10-3/h8-11H2,1-7H3. The highest BCUT2D eigenvalue weighted by Gasteiger charge is 2.85. The van der Waals surface area contributed by atoms with E-state index in [0.717, 1.165) is 28.3 Å². The van der Waals surface area contributed by atoms with Gasteiger partial charge in [-0.1, -0.05) is 27.7 Å². The molecule has 154 valence electrons. The molecule has 1 rings (SSSR count). The molecule has 0 saturated heterocycles. The Morgan fingerprint density at radius 1 is 0.692 bits per heavy atom. The smallest absolute Gasteiger partial charge is 0.376 e. The first-order valence-corrected chi connectivity index (χ1v) is 10.5. The first kappa shape index (κ1) is 23.5. The van der Waals surface area contributed by atoms with Crippen LogP contribution in [0.4, 0.5) is 22.0 Å². The second-order valence-corrected chi connectivity index (χ2v) is 9.71. The summed E-state index contributed by atoms with van der Waals surface area (Å²) in [5.74, 6) is -3.68. The quantitative estimate of drug-likeness (QED) is 0.393. The maximum atomic E-state index is 16.6. The van der Waals surface area contributed by atoms with Crippen molar-refractivity contribution in [1.29, 1.82) is 0 Å². The minimum Gasteiger partial charge on any atom is -0.376 e. The van der Waals surface area contributed by atoms with Gasteiger partial charge in [-0.15, -0.1) is 0 Å². The molecule has 3 nitrogen and oxygen atoms in total. The van der Waals surface area contributed by atoms with Crippen molar-refractivity contribution in [3.05, 3.63) is 11.7 Å². The molecule has 0 N–H and O–H groups in total. The number of allylic oxidation sites excluding steroid dienone is 2. The van der Waals surface area contributed by atoms with E-state index in [1.807, 2.05) is 0 Å². The zero-order chi connectivity index (χ0) is 20.6. The van der Waals surface area contributed by atoms with Crippen LogP contribution in [0.2, 0.25) is 5.04 Å². The molecule has 0 radical (unpaired) electrons. The van der Waals surface area contributed by atoms with Crippen LogP contribution in [0.25, 0.3) is 0 Å². The Hall–Kier alpha value is -0.513. The summed E-state index contributed by atoms with van der Waals surface area (Å²) in [5, 5.41) is -2.56. The SMILES string of the molecule is CCC1(F)C(F)=C(F)C(CC)([Si](OC)(OC)OC)C(F)(CC)C1(F)CC. The minimum atomic E-state index is -4.36. The molecule has 26 heavy (non-hydrogen) atoms. The number of hydrogen-bond acceptors (Lipinski definition) is 3. The molecule has 4 unspecified atom stereocenters. The molecular weight excluding hydrogens is 375 g/mol. The second-order valence-electron chi connectivity index (χ2n) is 6.52. The molecule has 0 bridgehead atoms. The lowest BCUT2D eigenvalue weighted by molar-refractivity contribution is -0.182. The molecule has 1 aliphatic rings. The third-order valence-corrected chi connectivity index (χ3v) is 9.80. The topological polar surface area (TPSA) is 27.7 Å². The highest BCUT2D eigenvalue weighted by Crippen LogP contribution is 2.72. The molecular formula is C17H29F5O3Si. The van der Waals surface area contributed by atoms with Gasteiger partial charge < -0.3 is 13.3 Å². The van der Waals surface area contributed by atoms with E-state index in [1.165, 1.54) is 20.8 Å². The Bertz CT molecular complexity index is 550. The monoisotopic (exact) mass is 404 g/mol. The molecule has 0 heterocycles. The van der Waals surface area contributed by atoms with Crippen molar-refractivity contribution in [1.82, 2.24) is 0 Å². The van der Waals surface area contributed by atoms with E-state index in [9.17, 15) is 4.39 Å². The van der Waals surface area contributed by atoms with Crippen LogP contribution in [0.15, 0.2) is 11.7 Å².